The predicted molar refractivity (Wildman–Crippen MR) is 84.5 cm³/mol. The van der Waals surface area contributed by atoms with Crippen LogP contribution in [0.1, 0.15) is 31.9 Å². The Labute approximate surface area is 140 Å². The van der Waals surface area contributed by atoms with Crippen molar-refractivity contribution in [1.29, 1.82) is 0 Å². The average Bonchev–Trinajstić information content (AvgIpc) is 2.74. The van der Waals surface area contributed by atoms with Crippen LogP contribution in [0.2, 0.25) is 0 Å². The summed E-state index contributed by atoms with van der Waals surface area (Å²) in [5, 5.41) is 0. The molecule has 0 atom stereocenters. The maximum atomic E-state index is 4.93. The summed E-state index contributed by atoms with van der Waals surface area (Å²) in [5.74, 6) is 1.48. The van der Waals surface area contributed by atoms with Gasteiger partial charge in [0.1, 0.15) is 0 Å². The van der Waals surface area contributed by atoms with Crippen molar-refractivity contribution in [3.8, 4) is 11.1 Å². The van der Waals surface area contributed by atoms with E-state index in [2.05, 4.69) is 69.3 Å². The molecule has 2 aromatic carbocycles. The van der Waals surface area contributed by atoms with Gasteiger partial charge in [0.15, 0.2) is 0 Å². The Hall–Kier alpha value is -0.0969. The summed E-state index contributed by atoms with van der Waals surface area (Å²) >= 11 is -0.826. The van der Waals surface area contributed by atoms with Crippen molar-refractivity contribution < 1.29 is 20.8 Å². The van der Waals surface area contributed by atoms with E-state index in [9.17, 15) is 0 Å². The molecule has 0 bridgehead atoms. The quantitative estimate of drug-likeness (QED) is 0.519. The van der Waals surface area contributed by atoms with Crippen molar-refractivity contribution in [1.82, 2.24) is 0 Å². The second-order valence-electron chi connectivity index (χ2n) is 5.79. The zero-order chi connectivity index (χ0) is 14.8. The normalized spacial score (nSPS) is 13.1. The van der Waals surface area contributed by atoms with E-state index in [1.54, 1.807) is 0 Å². The molecule has 0 saturated heterocycles. The number of benzene rings is 2. The zero-order valence-electron chi connectivity index (χ0n) is 11.9. The van der Waals surface area contributed by atoms with Gasteiger partial charge in [-0.15, -0.1) is 0 Å². The Kier molecular flexibility index (Phi) is 5.51. The fraction of sp³-hybridized carbons (Fsp3) is 0.235. The summed E-state index contributed by atoms with van der Waals surface area (Å²) in [6, 6.07) is 17.5. The molecule has 3 heteroatoms. The van der Waals surface area contributed by atoms with Gasteiger partial charge in [-0.1, -0.05) is 69.3 Å². The average molecular weight is 383 g/mol. The van der Waals surface area contributed by atoms with E-state index in [0.29, 0.717) is 0 Å². The Morgan fingerprint density at radius 3 is 1.30 bits per heavy atom. The van der Waals surface area contributed by atoms with Crippen LogP contribution in [0, 0.1) is 11.3 Å². The first-order chi connectivity index (χ1) is 9.50. The van der Waals surface area contributed by atoms with Gasteiger partial charge in [0, 0.05) is 5.92 Å². The first-order valence-electron chi connectivity index (χ1n) is 6.53. The fourth-order valence-corrected chi connectivity index (χ4v) is 2.83. The zero-order valence-corrected chi connectivity index (χ0v) is 15.8. The molecule has 1 radical (unpaired) electrons. The second kappa shape index (κ2) is 6.78. The van der Waals surface area contributed by atoms with Crippen LogP contribution in [0.3, 0.4) is 0 Å². The summed E-state index contributed by atoms with van der Waals surface area (Å²) in [6.07, 6.45) is 0. The van der Waals surface area contributed by atoms with E-state index >= 15 is 0 Å². The monoisotopic (exact) mass is 381 g/mol. The van der Waals surface area contributed by atoms with Crippen LogP contribution < -0.4 is 0 Å². The van der Waals surface area contributed by atoms with Crippen LogP contribution in [0.15, 0.2) is 48.5 Å². The summed E-state index contributed by atoms with van der Waals surface area (Å²) in [4.78, 5) is 0. The molecule has 20 heavy (non-hydrogen) atoms. The minimum absolute atomic E-state index is 0.183. The molecule has 0 spiro atoms. The standard InChI is InChI=1S/C17H17.2ClH.Zr/c1-17(2,3)16-14-10-6-4-8-12(14)13-9-5-7-11-15(13)16;;;/h4-11H,1-3H3;2*1H;/q;;;+2/p-2. The molecule has 0 N–H and O–H groups in total. The van der Waals surface area contributed by atoms with Crippen LogP contribution in [-0.4, -0.2) is 0 Å². The van der Waals surface area contributed by atoms with Gasteiger partial charge in [-0.05, 0) is 27.7 Å². The van der Waals surface area contributed by atoms with Crippen molar-refractivity contribution in [2.24, 2.45) is 5.41 Å². The van der Waals surface area contributed by atoms with Gasteiger partial charge in [0.25, 0.3) is 0 Å². The summed E-state index contributed by atoms with van der Waals surface area (Å²) in [6.45, 7) is 6.88. The molecule has 0 unspecified atom stereocenters. The van der Waals surface area contributed by atoms with Crippen LogP contribution in [0.4, 0.5) is 0 Å². The summed E-state index contributed by atoms with van der Waals surface area (Å²) in [7, 11) is 9.87. The van der Waals surface area contributed by atoms with E-state index in [4.69, 9.17) is 17.0 Å². The van der Waals surface area contributed by atoms with Gasteiger partial charge < -0.3 is 0 Å². The third-order valence-electron chi connectivity index (χ3n) is 3.43. The topological polar surface area (TPSA) is 0 Å². The van der Waals surface area contributed by atoms with Gasteiger partial charge in [-0.3, -0.25) is 0 Å². The van der Waals surface area contributed by atoms with Crippen LogP contribution in [-0.2, 0) is 20.8 Å². The first-order valence-corrected chi connectivity index (χ1v) is 12.9. The molecule has 0 aromatic heterocycles. The van der Waals surface area contributed by atoms with Crippen molar-refractivity contribution in [3.63, 3.8) is 0 Å². The molecular formula is C17H17Cl2Zr. The molecule has 103 valence electrons. The maximum absolute atomic E-state index is 4.93. The van der Waals surface area contributed by atoms with Crippen LogP contribution >= 0.6 is 17.0 Å². The van der Waals surface area contributed by atoms with Crippen molar-refractivity contribution in [2.75, 3.05) is 0 Å². The number of hydrogen-bond donors (Lipinski definition) is 0. The predicted octanol–water partition coefficient (Wildman–Crippen LogP) is 6.06. The number of rotatable bonds is 0. The third kappa shape index (κ3) is 3.21. The molecule has 0 fully saturated rings. The number of fused-ring (bicyclic) bond motifs is 3. The molecule has 0 nitrogen and oxygen atoms in total. The number of halogens is 2. The Morgan fingerprint density at radius 1 is 0.700 bits per heavy atom. The summed E-state index contributed by atoms with van der Waals surface area (Å²) in [5.41, 5.74) is 5.76. The third-order valence-corrected chi connectivity index (χ3v) is 3.43. The molecule has 1 aliphatic carbocycles. The minimum atomic E-state index is -0.826. The Balaban J connectivity index is 0.000000452. The van der Waals surface area contributed by atoms with Gasteiger partial charge in [0.2, 0.25) is 0 Å². The SMILES string of the molecule is CC(C)(C)[C]1c2ccccc2-c2ccccc21.[Cl][Zr][Cl]. The van der Waals surface area contributed by atoms with Crippen molar-refractivity contribution in [3.05, 3.63) is 65.6 Å². The number of hydrogen-bond acceptors (Lipinski definition) is 0. The molecular weight excluding hydrogens is 366 g/mol. The van der Waals surface area contributed by atoms with Gasteiger partial charge >= 0.3 is 37.9 Å². The molecule has 0 saturated carbocycles. The molecule has 0 aliphatic heterocycles. The molecule has 2 aromatic rings. The van der Waals surface area contributed by atoms with Crippen molar-refractivity contribution in [2.45, 2.75) is 20.8 Å². The summed E-state index contributed by atoms with van der Waals surface area (Å²) < 4.78 is 0. The molecule has 3 rings (SSSR count). The van der Waals surface area contributed by atoms with Crippen LogP contribution in [0.25, 0.3) is 11.1 Å². The first kappa shape index (κ1) is 16.3. The van der Waals surface area contributed by atoms with Crippen molar-refractivity contribution >= 4 is 17.0 Å². The van der Waals surface area contributed by atoms with Gasteiger partial charge in [-0.25, -0.2) is 0 Å². The second-order valence-corrected chi connectivity index (χ2v) is 9.52. The fourth-order valence-electron chi connectivity index (χ4n) is 2.83. The van der Waals surface area contributed by atoms with Gasteiger partial charge in [-0.2, -0.15) is 0 Å². The van der Waals surface area contributed by atoms with E-state index in [1.807, 2.05) is 0 Å². The van der Waals surface area contributed by atoms with Crippen LogP contribution in [0.5, 0.6) is 0 Å². The molecule has 1 aliphatic rings. The van der Waals surface area contributed by atoms with E-state index in [-0.39, 0.29) is 5.41 Å². The Morgan fingerprint density at radius 2 is 1.00 bits per heavy atom. The Bertz CT molecular complexity index is 542. The molecule has 0 heterocycles. The van der Waals surface area contributed by atoms with E-state index in [1.165, 1.54) is 28.2 Å². The molecule has 0 amide bonds. The van der Waals surface area contributed by atoms with E-state index in [0.717, 1.165) is 0 Å². The van der Waals surface area contributed by atoms with E-state index < -0.39 is 20.8 Å². The van der Waals surface area contributed by atoms with Gasteiger partial charge in [0.05, 0.1) is 0 Å².